The fourth-order valence-electron chi connectivity index (χ4n) is 1.98. The van der Waals surface area contributed by atoms with Crippen LogP contribution in [0.1, 0.15) is 18.5 Å². The molecule has 0 saturated heterocycles. The van der Waals surface area contributed by atoms with Crippen molar-refractivity contribution in [1.29, 1.82) is 0 Å². The smallest absolute Gasteiger partial charge is 0.0615 e. The van der Waals surface area contributed by atoms with Gasteiger partial charge in [0, 0.05) is 35.3 Å². The van der Waals surface area contributed by atoms with E-state index in [4.69, 9.17) is 33.7 Å². The Hall–Kier alpha value is -0.320. The van der Waals surface area contributed by atoms with Gasteiger partial charge in [-0.2, -0.15) is 0 Å². The molecule has 2 N–H and O–H groups in total. The van der Waals surface area contributed by atoms with Crippen LogP contribution in [0.3, 0.4) is 0 Å². The van der Waals surface area contributed by atoms with Crippen molar-refractivity contribution < 1.29 is 4.74 Å². The maximum atomic E-state index is 6.23. The van der Waals surface area contributed by atoms with Gasteiger partial charge >= 0.3 is 0 Å². The van der Waals surface area contributed by atoms with E-state index in [9.17, 15) is 0 Å². The Morgan fingerprint density at radius 3 is 2.33 bits per heavy atom. The lowest BCUT2D eigenvalue weighted by Gasteiger charge is -2.33. The molecule has 0 aromatic heterocycles. The van der Waals surface area contributed by atoms with Crippen LogP contribution in [0.25, 0.3) is 0 Å². The Balaban J connectivity index is 3.02. The standard InChI is InChI=1S/C13H20Cl2N2O/c1-9(8-18-3)17(2)12(7-16)13-10(14)5-4-6-11(13)15/h4-6,9,12H,7-8,16H2,1-3H3. The molecule has 1 aromatic rings. The zero-order valence-corrected chi connectivity index (χ0v) is 12.5. The number of ether oxygens (including phenoxy) is 1. The van der Waals surface area contributed by atoms with Gasteiger partial charge in [0.15, 0.2) is 0 Å². The monoisotopic (exact) mass is 290 g/mol. The number of likely N-dealkylation sites (N-methyl/N-ethyl adjacent to an activating group) is 1. The molecule has 0 heterocycles. The summed E-state index contributed by atoms with van der Waals surface area (Å²) in [5, 5.41) is 1.30. The van der Waals surface area contributed by atoms with Gasteiger partial charge in [0.05, 0.1) is 12.6 Å². The Kier molecular flexibility index (Phi) is 6.39. The third-order valence-corrected chi connectivity index (χ3v) is 3.81. The second-order valence-corrected chi connectivity index (χ2v) is 5.17. The summed E-state index contributed by atoms with van der Waals surface area (Å²) in [6, 6.07) is 5.72. The SMILES string of the molecule is COCC(C)N(C)C(CN)c1c(Cl)cccc1Cl. The number of hydrogen-bond acceptors (Lipinski definition) is 3. The van der Waals surface area contributed by atoms with Crippen LogP contribution in [0.2, 0.25) is 10.0 Å². The largest absolute Gasteiger partial charge is 0.383 e. The molecule has 0 aliphatic heterocycles. The van der Waals surface area contributed by atoms with Crippen LogP contribution in [0.15, 0.2) is 18.2 Å². The average Bonchev–Trinajstić information content (AvgIpc) is 2.33. The van der Waals surface area contributed by atoms with Crippen molar-refractivity contribution in [2.45, 2.75) is 19.0 Å². The minimum absolute atomic E-state index is 0.0173. The maximum Gasteiger partial charge on any atom is 0.0615 e. The summed E-state index contributed by atoms with van der Waals surface area (Å²) >= 11 is 12.5. The second kappa shape index (κ2) is 7.31. The van der Waals surface area contributed by atoms with E-state index in [1.54, 1.807) is 7.11 Å². The van der Waals surface area contributed by atoms with Crippen molar-refractivity contribution in [3.63, 3.8) is 0 Å². The zero-order chi connectivity index (χ0) is 13.7. The van der Waals surface area contributed by atoms with E-state index in [1.807, 2.05) is 25.2 Å². The summed E-state index contributed by atoms with van der Waals surface area (Å²) in [5.74, 6) is 0. The van der Waals surface area contributed by atoms with Crippen LogP contribution in [0.5, 0.6) is 0 Å². The van der Waals surface area contributed by atoms with Crippen LogP contribution < -0.4 is 5.73 Å². The molecule has 1 aromatic carbocycles. The molecule has 3 nitrogen and oxygen atoms in total. The van der Waals surface area contributed by atoms with Crippen molar-refractivity contribution in [2.75, 3.05) is 27.3 Å². The van der Waals surface area contributed by atoms with Crippen LogP contribution >= 0.6 is 23.2 Å². The summed E-state index contributed by atoms with van der Waals surface area (Å²) in [6.45, 7) is 3.17. The Bertz CT molecular complexity index is 367. The number of halogens is 2. The normalized spacial score (nSPS) is 14.8. The first-order chi connectivity index (χ1) is 8.52. The number of nitrogens with zero attached hydrogens (tertiary/aromatic N) is 1. The number of nitrogens with two attached hydrogens (primary N) is 1. The highest BCUT2D eigenvalue weighted by molar-refractivity contribution is 6.36. The first kappa shape index (κ1) is 15.7. The second-order valence-electron chi connectivity index (χ2n) is 4.36. The summed E-state index contributed by atoms with van der Waals surface area (Å²) in [5.41, 5.74) is 6.76. The van der Waals surface area contributed by atoms with Crippen molar-refractivity contribution in [3.8, 4) is 0 Å². The molecular formula is C13H20Cl2N2O. The third-order valence-electron chi connectivity index (χ3n) is 3.15. The number of rotatable bonds is 6. The molecule has 0 bridgehead atoms. The predicted molar refractivity (Wildman–Crippen MR) is 77.4 cm³/mol. The maximum absolute atomic E-state index is 6.23. The molecule has 102 valence electrons. The Labute approximate surface area is 119 Å². The van der Waals surface area contributed by atoms with E-state index in [0.717, 1.165) is 5.56 Å². The first-order valence-corrected chi connectivity index (χ1v) is 6.63. The molecule has 18 heavy (non-hydrogen) atoms. The molecule has 2 unspecified atom stereocenters. The highest BCUT2D eigenvalue weighted by Gasteiger charge is 2.24. The molecule has 1 rings (SSSR count). The van der Waals surface area contributed by atoms with Gasteiger partial charge < -0.3 is 10.5 Å². The fourth-order valence-corrected chi connectivity index (χ4v) is 2.63. The van der Waals surface area contributed by atoms with Gasteiger partial charge in [0.25, 0.3) is 0 Å². The van der Waals surface area contributed by atoms with Gasteiger partial charge in [0.1, 0.15) is 0 Å². The lowest BCUT2D eigenvalue weighted by Crippen LogP contribution is -2.39. The van der Waals surface area contributed by atoms with E-state index in [2.05, 4.69) is 11.8 Å². The number of benzene rings is 1. The molecule has 2 atom stereocenters. The Morgan fingerprint density at radius 1 is 1.33 bits per heavy atom. The van der Waals surface area contributed by atoms with Crippen molar-refractivity contribution in [2.24, 2.45) is 5.73 Å². The number of hydrogen-bond donors (Lipinski definition) is 1. The van der Waals surface area contributed by atoms with Gasteiger partial charge in [0.2, 0.25) is 0 Å². The lowest BCUT2D eigenvalue weighted by molar-refractivity contribution is 0.0911. The number of methoxy groups -OCH3 is 1. The molecule has 0 amide bonds. The summed E-state index contributed by atoms with van der Waals surface area (Å²) in [6.07, 6.45) is 0. The van der Waals surface area contributed by atoms with E-state index < -0.39 is 0 Å². The van der Waals surface area contributed by atoms with Gasteiger partial charge in [-0.15, -0.1) is 0 Å². The molecule has 0 fully saturated rings. The minimum Gasteiger partial charge on any atom is -0.383 e. The molecule has 0 spiro atoms. The summed E-state index contributed by atoms with van der Waals surface area (Å²) in [7, 11) is 3.69. The zero-order valence-electron chi connectivity index (χ0n) is 11.0. The van der Waals surface area contributed by atoms with Gasteiger partial charge in [-0.25, -0.2) is 0 Å². The highest BCUT2D eigenvalue weighted by Crippen LogP contribution is 2.33. The topological polar surface area (TPSA) is 38.5 Å². The van der Waals surface area contributed by atoms with Crippen molar-refractivity contribution in [3.05, 3.63) is 33.8 Å². The lowest BCUT2D eigenvalue weighted by atomic mass is 10.0. The van der Waals surface area contributed by atoms with Crippen LogP contribution in [0.4, 0.5) is 0 Å². The average molecular weight is 291 g/mol. The molecule has 0 saturated carbocycles. The molecule has 0 aliphatic carbocycles. The van der Waals surface area contributed by atoms with Gasteiger partial charge in [-0.1, -0.05) is 29.3 Å². The minimum atomic E-state index is -0.0173. The van der Waals surface area contributed by atoms with Gasteiger partial charge in [-0.3, -0.25) is 4.90 Å². The quantitative estimate of drug-likeness (QED) is 0.875. The summed E-state index contributed by atoms with van der Waals surface area (Å²) < 4.78 is 5.17. The van der Waals surface area contributed by atoms with E-state index >= 15 is 0 Å². The van der Waals surface area contributed by atoms with Gasteiger partial charge in [-0.05, 0) is 26.1 Å². The molecule has 0 aliphatic rings. The van der Waals surface area contributed by atoms with Crippen LogP contribution in [0, 0.1) is 0 Å². The fraction of sp³-hybridized carbons (Fsp3) is 0.538. The van der Waals surface area contributed by atoms with Crippen LogP contribution in [-0.4, -0.2) is 38.3 Å². The molecule has 5 heteroatoms. The van der Waals surface area contributed by atoms with Crippen LogP contribution in [-0.2, 0) is 4.74 Å². The molecular weight excluding hydrogens is 271 g/mol. The highest BCUT2D eigenvalue weighted by atomic mass is 35.5. The third kappa shape index (κ3) is 3.59. The van der Waals surface area contributed by atoms with Crippen molar-refractivity contribution in [1.82, 2.24) is 4.90 Å². The Morgan fingerprint density at radius 2 is 1.89 bits per heavy atom. The van der Waals surface area contributed by atoms with E-state index in [1.165, 1.54) is 0 Å². The van der Waals surface area contributed by atoms with Crippen molar-refractivity contribution >= 4 is 23.2 Å². The first-order valence-electron chi connectivity index (χ1n) is 5.87. The molecule has 0 radical (unpaired) electrons. The van der Waals surface area contributed by atoms with E-state index in [-0.39, 0.29) is 12.1 Å². The summed E-state index contributed by atoms with van der Waals surface area (Å²) in [4.78, 5) is 2.14. The predicted octanol–water partition coefficient (Wildman–Crippen LogP) is 2.96. The van der Waals surface area contributed by atoms with E-state index in [0.29, 0.717) is 23.2 Å².